The number of rotatable bonds is 6. The van der Waals surface area contributed by atoms with E-state index in [9.17, 15) is 4.79 Å². The minimum Gasteiger partial charge on any atom is -0.302 e. The van der Waals surface area contributed by atoms with Crippen molar-refractivity contribution in [3.05, 3.63) is 23.8 Å². The zero-order valence-corrected chi connectivity index (χ0v) is 13.4. The Morgan fingerprint density at radius 1 is 1.50 bits per heavy atom. The monoisotopic (exact) mass is 310 g/mol. The molecule has 0 spiro atoms. The number of hydrogen-bond acceptors (Lipinski definition) is 3. The maximum absolute atomic E-state index is 11.7. The summed E-state index contributed by atoms with van der Waals surface area (Å²) in [5.74, 6) is 1.03. The third-order valence-corrected chi connectivity index (χ3v) is 4.58. The SMILES string of the molecule is CC[C@@H](C)c1ccc2nc(NC(=O)CCCCl)sc2c1. The van der Waals surface area contributed by atoms with Crippen LogP contribution in [0.4, 0.5) is 5.13 Å². The molecule has 1 aromatic carbocycles. The Hall–Kier alpha value is -1.13. The zero-order valence-electron chi connectivity index (χ0n) is 11.8. The van der Waals surface area contributed by atoms with Crippen LogP contribution in [0.3, 0.4) is 0 Å². The summed E-state index contributed by atoms with van der Waals surface area (Å²) in [6, 6.07) is 6.33. The van der Waals surface area contributed by atoms with Crippen LogP contribution >= 0.6 is 22.9 Å². The Morgan fingerprint density at radius 3 is 3.00 bits per heavy atom. The second kappa shape index (κ2) is 7.04. The van der Waals surface area contributed by atoms with Gasteiger partial charge in [-0.3, -0.25) is 4.79 Å². The van der Waals surface area contributed by atoms with Gasteiger partial charge in [0.15, 0.2) is 5.13 Å². The van der Waals surface area contributed by atoms with Crippen molar-refractivity contribution in [1.82, 2.24) is 4.98 Å². The molecule has 0 fully saturated rings. The lowest BCUT2D eigenvalue weighted by atomic mass is 9.99. The number of halogens is 1. The van der Waals surface area contributed by atoms with E-state index in [4.69, 9.17) is 11.6 Å². The lowest BCUT2D eigenvalue weighted by Gasteiger charge is -2.07. The van der Waals surface area contributed by atoms with Gasteiger partial charge in [0.25, 0.3) is 0 Å². The van der Waals surface area contributed by atoms with E-state index in [2.05, 4.69) is 36.3 Å². The Bertz CT molecular complexity index is 597. The number of nitrogens with zero attached hydrogens (tertiary/aromatic N) is 1. The lowest BCUT2D eigenvalue weighted by Crippen LogP contribution is -2.10. The molecule has 108 valence electrons. The molecule has 5 heteroatoms. The van der Waals surface area contributed by atoms with E-state index in [-0.39, 0.29) is 5.91 Å². The first-order valence-electron chi connectivity index (χ1n) is 6.90. The zero-order chi connectivity index (χ0) is 14.5. The predicted octanol–water partition coefficient (Wildman–Crippen LogP) is 4.77. The smallest absolute Gasteiger partial charge is 0.226 e. The van der Waals surface area contributed by atoms with E-state index in [1.54, 1.807) is 0 Å². The van der Waals surface area contributed by atoms with Gasteiger partial charge in [0.05, 0.1) is 10.2 Å². The van der Waals surface area contributed by atoms with E-state index < -0.39 is 0 Å². The van der Waals surface area contributed by atoms with E-state index in [1.807, 2.05) is 6.07 Å². The van der Waals surface area contributed by atoms with Gasteiger partial charge >= 0.3 is 0 Å². The van der Waals surface area contributed by atoms with Crippen molar-refractivity contribution in [2.45, 2.75) is 39.0 Å². The molecule has 20 heavy (non-hydrogen) atoms. The molecule has 2 rings (SSSR count). The molecule has 2 aromatic rings. The van der Waals surface area contributed by atoms with Crippen molar-refractivity contribution in [3.8, 4) is 0 Å². The second-order valence-corrected chi connectivity index (χ2v) is 6.30. The second-order valence-electron chi connectivity index (χ2n) is 4.90. The maximum atomic E-state index is 11.7. The summed E-state index contributed by atoms with van der Waals surface area (Å²) in [5, 5.41) is 3.51. The van der Waals surface area contributed by atoms with Crippen molar-refractivity contribution in [3.63, 3.8) is 0 Å². The van der Waals surface area contributed by atoms with Crippen LogP contribution in [-0.2, 0) is 4.79 Å². The summed E-state index contributed by atoms with van der Waals surface area (Å²) in [6.07, 6.45) is 2.25. The molecule has 0 saturated carbocycles. The molecule has 0 aliphatic heterocycles. The van der Waals surface area contributed by atoms with Crippen LogP contribution < -0.4 is 5.32 Å². The third-order valence-electron chi connectivity index (χ3n) is 3.38. The first-order chi connectivity index (χ1) is 9.63. The molecular formula is C15H19ClN2OS. The molecule has 0 aliphatic carbocycles. The topological polar surface area (TPSA) is 42.0 Å². The number of carbonyl (C=O) groups excluding carboxylic acids is 1. The van der Waals surface area contributed by atoms with Crippen molar-refractivity contribution in [2.24, 2.45) is 0 Å². The number of benzene rings is 1. The largest absolute Gasteiger partial charge is 0.302 e. The lowest BCUT2D eigenvalue weighted by molar-refractivity contribution is -0.116. The van der Waals surface area contributed by atoms with Crippen molar-refractivity contribution < 1.29 is 4.79 Å². The first kappa shape index (κ1) is 15.3. The predicted molar refractivity (Wildman–Crippen MR) is 86.9 cm³/mol. The minimum atomic E-state index is -0.0214. The number of alkyl halides is 1. The van der Waals surface area contributed by atoms with Crippen LogP contribution in [0.2, 0.25) is 0 Å². The summed E-state index contributed by atoms with van der Waals surface area (Å²) in [4.78, 5) is 16.1. The summed E-state index contributed by atoms with van der Waals surface area (Å²) in [7, 11) is 0. The molecule has 3 nitrogen and oxygen atoms in total. The van der Waals surface area contributed by atoms with Gasteiger partial charge in [-0.25, -0.2) is 4.98 Å². The molecule has 0 radical (unpaired) electrons. The molecule has 1 amide bonds. The normalized spacial score (nSPS) is 12.6. The summed E-state index contributed by atoms with van der Waals surface area (Å²) in [5.41, 5.74) is 2.26. The van der Waals surface area contributed by atoms with Gasteiger partial charge in [-0.15, -0.1) is 11.6 Å². The molecular weight excluding hydrogens is 292 g/mol. The van der Waals surface area contributed by atoms with E-state index >= 15 is 0 Å². The van der Waals surface area contributed by atoms with E-state index in [0.29, 0.717) is 29.8 Å². The molecule has 0 aliphatic rings. The van der Waals surface area contributed by atoms with Crippen molar-refractivity contribution in [1.29, 1.82) is 0 Å². The first-order valence-corrected chi connectivity index (χ1v) is 8.25. The Balaban J connectivity index is 2.14. The highest BCUT2D eigenvalue weighted by Gasteiger charge is 2.10. The fourth-order valence-corrected chi connectivity index (χ4v) is 3.01. The fourth-order valence-electron chi connectivity index (χ4n) is 1.95. The van der Waals surface area contributed by atoms with Crippen LogP contribution in [0.15, 0.2) is 18.2 Å². The number of nitrogens with one attached hydrogen (secondary N) is 1. The van der Waals surface area contributed by atoms with Crippen LogP contribution in [0.5, 0.6) is 0 Å². The number of anilines is 1. The van der Waals surface area contributed by atoms with Gasteiger partial charge in [-0.05, 0) is 36.5 Å². The van der Waals surface area contributed by atoms with Crippen molar-refractivity contribution >= 4 is 44.2 Å². The van der Waals surface area contributed by atoms with Crippen LogP contribution in [0.1, 0.15) is 44.6 Å². The number of thiazole rings is 1. The summed E-state index contributed by atoms with van der Waals surface area (Å²) < 4.78 is 1.12. The Kier molecular flexibility index (Phi) is 5.38. The number of aromatic nitrogens is 1. The summed E-state index contributed by atoms with van der Waals surface area (Å²) in [6.45, 7) is 4.40. The van der Waals surface area contributed by atoms with Gasteiger partial charge in [0.1, 0.15) is 0 Å². The van der Waals surface area contributed by atoms with Gasteiger partial charge < -0.3 is 5.32 Å². The highest BCUT2D eigenvalue weighted by molar-refractivity contribution is 7.22. The van der Waals surface area contributed by atoms with Gasteiger partial charge in [0, 0.05) is 12.3 Å². The number of amides is 1. The molecule has 0 bridgehead atoms. The van der Waals surface area contributed by atoms with Gasteiger partial charge in [-0.1, -0.05) is 31.3 Å². The van der Waals surface area contributed by atoms with Crippen LogP contribution in [0, 0.1) is 0 Å². The molecule has 0 saturated heterocycles. The van der Waals surface area contributed by atoms with Crippen molar-refractivity contribution in [2.75, 3.05) is 11.2 Å². The summed E-state index contributed by atoms with van der Waals surface area (Å²) >= 11 is 7.11. The standard InChI is InChI=1S/C15H19ClN2OS/c1-3-10(2)11-6-7-12-13(9-11)20-15(17-12)18-14(19)5-4-8-16/h6-7,9-10H,3-5,8H2,1-2H3,(H,17,18,19)/t10-/m1/s1. The van der Waals surface area contributed by atoms with E-state index in [1.165, 1.54) is 16.9 Å². The van der Waals surface area contributed by atoms with E-state index in [0.717, 1.165) is 16.6 Å². The molecule has 1 aromatic heterocycles. The molecule has 0 unspecified atom stereocenters. The Morgan fingerprint density at radius 2 is 2.30 bits per heavy atom. The van der Waals surface area contributed by atoms with Gasteiger partial charge in [0.2, 0.25) is 5.91 Å². The highest BCUT2D eigenvalue weighted by atomic mass is 35.5. The average Bonchev–Trinajstić information content (AvgIpc) is 2.85. The van der Waals surface area contributed by atoms with Crippen LogP contribution in [-0.4, -0.2) is 16.8 Å². The average molecular weight is 311 g/mol. The molecule has 1 N–H and O–H groups in total. The van der Waals surface area contributed by atoms with Gasteiger partial charge in [-0.2, -0.15) is 0 Å². The quantitative estimate of drug-likeness (QED) is 0.781. The fraction of sp³-hybridized carbons (Fsp3) is 0.467. The number of hydrogen-bond donors (Lipinski definition) is 1. The molecule has 1 heterocycles. The number of carbonyl (C=O) groups is 1. The highest BCUT2D eigenvalue weighted by Crippen LogP contribution is 2.30. The Labute approximate surface area is 128 Å². The number of fused-ring (bicyclic) bond motifs is 1. The minimum absolute atomic E-state index is 0.0214. The third kappa shape index (κ3) is 3.70. The van der Waals surface area contributed by atoms with Crippen LogP contribution in [0.25, 0.3) is 10.2 Å². The molecule has 1 atom stereocenters. The maximum Gasteiger partial charge on any atom is 0.226 e.